The summed E-state index contributed by atoms with van der Waals surface area (Å²) in [5.74, 6) is -0.212. The molecule has 0 unspecified atom stereocenters. The summed E-state index contributed by atoms with van der Waals surface area (Å²) in [6.07, 6.45) is -7.30. The summed E-state index contributed by atoms with van der Waals surface area (Å²) in [6, 6.07) is 4.39. The van der Waals surface area contributed by atoms with Gasteiger partial charge in [0.2, 0.25) is 0 Å². The van der Waals surface area contributed by atoms with Gasteiger partial charge in [0, 0.05) is 0 Å². The minimum Gasteiger partial charge on any atom is -0.428 e. The molecular weight excluding hydrogens is 278 g/mol. The SMILES string of the molecule is N[C@H](c1ccc(OC(F)(F)C(F)F)cc1)[C@@H](O)C1CC1. The van der Waals surface area contributed by atoms with Gasteiger partial charge < -0.3 is 15.6 Å². The molecule has 3 nitrogen and oxygen atoms in total. The van der Waals surface area contributed by atoms with Gasteiger partial charge in [0.1, 0.15) is 5.75 Å². The van der Waals surface area contributed by atoms with Gasteiger partial charge in [-0.1, -0.05) is 12.1 Å². The Kier molecular flexibility index (Phi) is 4.19. The molecule has 1 aromatic carbocycles. The van der Waals surface area contributed by atoms with Crippen molar-refractivity contribution in [2.24, 2.45) is 11.7 Å². The molecule has 0 spiro atoms. The van der Waals surface area contributed by atoms with Crippen molar-refractivity contribution in [1.82, 2.24) is 0 Å². The number of benzene rings is 1. The van der Waals surface area contributed by atoms with Gasteiger partial charge in [-0.05, 0) is 36.5 Å². The van der Waals surface area contributed by atoms with Gasteiger partial charge in [-0.3, -0.25) is 0 Å². The van der Waals surface area contributed by atoms with Crippen LogP contribution < -0.4 is 10.5 Å². The number of halogens is 4. The number of nitrogens with two attached hydrogens (primary N) is 1. The smallest absolute Gasteiger partial charge is 0.428 e. The maximum atomic E-state index is 12.7. The summed E-state index contributed by atoms with van der Waals surface area (Å²) in [6.45, 7) is 0. The molecule has 2 rings (SSSR count). The molecule has 0 saturated heterocycles. The van der Waals surface area contributed by atoms with Gasteiger partial charge in [0.05, 0.1) is 12.1 Å². The largest absolute Gasteiger partial charge is 0.461 e. The van der Waals surface area contributed by atoms with Crippen LogP contribution in [0.3, 0.4) is 0 Å². The second-order valence-corrected chi connectivity index (χ2v) is 4.89. The fourth-order valence-corrected chi connectivity index (χ4v) is 1.89. The molecule has 3 N–H and O–H groups in total. The zero-order valence-electron chi connectivity index (χ0n) is 10.5. The maximum Gasteiger partial charge on any atom is 0.461 e. The van der Waals surface area contributed by atoms with Gasteiger partial charge in [0.15, 0.2) is 0 Å². The van der Waals surface area contributed by atoms with Crippen LogP contribution in [0.4, 0.5) is 17.6 Å². The average Bonchev–Trinajstić information content (AvgIpc) is 3.21. The van der Waals surface area contributed by atoms with Crippen LogP contribution in [0.25, 0.3) is 0 Å². The molecule has 20 heavy (non-hydrogen) atoms. The number of ether oxygens (including phenoxy) is 1. The van der Waals surface area contributed by atoms with E-state index in [1.165, 1.54) is 12.1 Å². The Hall–Kier alpha value is -1.34. The Morgan fingerprint density at radius 1 is 1.20 bits per heavy atom. The fraction of sp³-hybridized carbons (Fsp3) is 0.538. The highest BCUT2D eigenvalue weighted by molar-refractivity contribution is 5.30. The molecule has 1 aliphatic carbocycles. The molecule has 7 heteroatoms. The second kappa shape index (κ2) is 5.57. The molecule has 0 aromatic heterocycles. The topological polar surface area (TPSA) is 55.5 Å². The number of aliphatic hydroxyl groups is 1. The Balaban J connectivity index is 2.02. The van der Waals surface area contributed by atoms with Crippen molar-refractivity contribution in [2.45, 2.75) is 37.5 Å². The van der Waals surface area contributed by atoms with Crippen LogP contribution in [0.2, 0.25) is 0 Å². The summed E-state index contributed by atoms with van der Waals surface area (Å²) in [5.41, 5.74) is 6.39. The van der Waals surface area contributed by atoms with E-state index in [9.17, 15) is 22.7 Å². The molecule has 0 heterocycles. The zero-order valence-corrected chi connectivity index (χ0v) is 10.5. The fourth-order valence-electron chi connectivity index (χ4n) is 1.89. The van der Waals surface area contributed by atoms with E-state index in [2.05, 4.69) is 4.74 Å². The minimum atomic E-state index is -4.53. The molecule has 2 atom stereocenters. The summed E-state index contributed by atoms with van der Waals surface area (Å²) in [4.78, 5) is 0. The number of rotatable bonds is 6. The van der Waals surface area contributed by atoms with Crippen molar-refractivity contribution in [2.75, 3.05) is 0 Å². The number of aliphatic hydroxyl groups excluding tert-OH is 1. The molecule has 1 saturated carbocycles. The van der Waals surface area contributed by atoms with Crippen molar-refractivity contribution in [3.8, 4) is 5.75 Å². The van der Waals surface area contributed by atoms with Gasteiger partial charge >= 0.3 is 12.5 Å². The van der Waals surface area contributed by atoms with Gasteiger partial charge in [-0.2, -0.15) is 17.6 Å². The summed E-state index contributed by atoms with van der Waals surface area (Å²) < 4.78 is 53.3. The highest BCUT2D eigenvalue weighted by Crippen LogP contribution is 2.37. The van der Waals surface area contributed by atoms with E-state index in [1.54, 1.807) is 0 Å². The summed E-state index contributed by atoms with van der Waals surface area (Å²) in [5, 5.41) is 9.86. The summed E-state index contributed by atoms with van der Waals surface area (Å²) in [7, 11) is 0. The lowest BCUT2D eigenvalue weighted by molar-refractivity contribution is -0.253. The van der Waals surface area contributed by atoms with E-state index < -0.39 is 24.7 Å². The monoisotopic (exact) mass is 293 g/mol. The van der Waals surface area contributed by atoms with Crippen molar-refractivity contribution < 1.29 is 27.4 Å². The first kappa shape index (κ1) is 15.1. The van der Waals surface area contributed by atoms with E-state index in [-0.39, 0.29) is 11.7 Å². The summed E-state index contributed by atoms with van der Waals surface area (Å²) >= 11 is 0. The van der Waals surface area contributed by atoms with Gasteiger partial charge in [-0.25, -0.2) is 0 Å². The first-order valence-electron chi connectivity index (χ1n) is 6.20. The van der Waals surface area contributed by atoms with Crippen molar-refractivity contribution in [3.63, 3.8) is 0 Å². The molecule has 112 valence electrons. The predicted molar refractivity (Wildman–Crippen MR) is 63.7 cm³/mol. The van der Waals surface area contributed by atoms with E-state index >= 15 is 0 Å². The van der Waals surface area contributed by atoms with Crippen LogP contribution >= 0.6 is 0 Å². The number of alkyl halides is 4. The van der Waals surface area contributed by atoms with Crippen LogP contribution in [-0.4, -0.2) is 23.7 Å². The van der Waals surface area contributed by atoms with Crippen LogP contribution in [0, 0.1) is 5.92 Å². The Labute approximate surface area is 113 Å². The van der Waals surface area contributed by atoms with E-state index in [0.717, 1.165) is 25.0 Å². The molecule has 1 aromatic rings. The molecule has 0 aliphatic heterocycles. The van der Waals surface area contributed by atoms with Crippen molar-refractivity contribution in [1.29, 1.82) is 0 Å². The van der Waals surface area contributed by atoms with Crippen LogP contribution in [0.15, 0.2) is 24.3 Å². The molecule has 0 bridgehead atoms. The lowest BCUT2D eigenvalue weighted by atomic mass is 9.99. The lowest BCUT2D eigenvalue weighted by Crippen LogP contribution is -2.33. The molecular formula is C13H15F4NO2. The van der Waals surface area contributed by atoms with E-state index in [4.69, 9.17) is 5.73 Å². The Morgan fingerprint density at radius 3 is 2.20 bits per heavy atom. The standard InChI is InChI=1S/C13H15F4NO2/c14-12(15)13(16,17)20-9-5-3-7(4-6-9)10(18)11(19)8-1-2-8/h3-6,8,10-12,19H,1-2,18H2/t10-,11+/m1/s1. The third-order valence-electron chi connectivity index (χ3n) is 3.25. The van der Waals surface area contributed by atoms with E-state index in [1.807, 2.05) is 0 Å². The third kappa shape index (κ3) is 3.40. The number of hydrogen-bond acceptors (Lipinski definition) is 3. The van der Waals surface area contributed by atoms with Crippen LogP contribution in [0.1, 0.15) is 24.4 Å². The molecule has 1 fully saturated rings. The zero-order chi connectivity index (χ0) is 14.9. The first-order chi connectivity index (χ1) is 9.31. The minimum absolute atomic E-state index is 0.170. The van der Waals surface area contributed by atoms with Gasteiger partial charge in [-0.15, -0.1) is 0 Å². The van der Waals surface area contributed by atoms with E-state index in [0.29, 0.717) is 5.56 Å². The lowest BCUT2D eigenvalue weighted by Gasteiger charge is -2.20. The predicted octanol–water partition coefficient (Wildman–Crippen LogP) is 2.69. The highest BCUT2D eigenvalue weighted by Gasteiger charge is 2.44. The van der Waals surface area contributed by atoms with Crippen molar-refractivity contribution >= 4 is 0 Å². The maximum absolute atomic E-state index is 12.7. The number of hydrogen-bond donors (Lipinski definition) is 2. The molecule has 0 radical (unpaired) electrons. The van der Waals surface area contributed by atoms with Crippen LogP contribution in [-0.2, 0) is 0 Å². The quantitative estimate of drug-likeness (QED) is 0.793. The highest BCUT2D eigenvalue weighted by atomic mass is 19.3. The van der Waals surface area contributed by atoms with Crippen LogP contribution in [0.5, 0.6) is 5.75 Å². The molecule has 1 aliphatic rings. The van der Waals surface area contributed by atoms with Crippen molar-refractivity contribution in [3.05, 3.63) is 29.8 Å². The second-order valence-electron chi connectivity index (χ2n) is 4.89. The van der Waals surface area contributed by atoms with Gasteiger partial charge in [0.25, 0.3) is 0 Å². The average molecular weight is 293 g/mol. The first-order valence-corrected chi connectivity index (χ1v) is 6.20. The Morgan fingerprint density at radius 2 is 1.75 bits per heavy atom. The normalized spacial score (nSPS) is 18.9. The Bertz CT molecular complexity index is 448. The third-order valence-corrected chi connectivity index (χ3v) is 3.25. The molecule has 0 amide bonds.